The number of carbonyl (C=O) groups is 2. The van der Waals surface area contributed by atoms with E-state index in [-0.39, 0.29) is 11.4 Å². The molecule has 9 heteroatoms. The monoisotopic (exact) mass is 548 g/mol. The molecule has 0 amide bonds. The number of pyridine rings is 1. The van der Waals surface area contributed by atoms with Crippen LogP contribution in [0.2, 0.25) is 0 Å². The molecule has 1 fully saturated rings. The van der Waals surface area contributed by atoms with Crippen molar-refractivity contribution in [2.45, 2.75) is 52.2 Å². The summed E-state index contributed by atoms with van der Waals surface area (Å²) in [6.45, 7) is 16.4. The predicted octanol–water partition coefficient (Wildman–Crippen LogP) is 4.68. The molecule has 4 rings (SSSR count). The molecule has 1 aliphatic rings. The molecule has 1 saturated heterocycles. The largest absolute Gasteiger partial charge is 0.386 e. The number of carbonyl (C=O) groups excluding carboxylic acids is 2. The number of ether oxygens (including phenoxy) is 1. The Bertz CT molecular complexity index is 1330. The van der Waals surface area contributed by atoms with Gasteiger partial charge in [0.05, 0.1) is 41.2 Å². The highest BCUT2D eigenvalue weighted by atomic mass is 16.5. The molecule has 216 valence electrons. The number of aromatic nitrogens is 2. The summed E-state index contributed by atoms with van der Waals surface area (Å²) in [5.41, 5.74) is 11.4. The van der Waals surface area contributed by atoms with Crippen molar-refractivity contribution in [1.82, 2.24) is 14.9 Å². The molecule has 0 aliphatic carbocycles. The number of morpholine rings is 1. The van der Waals surface area contributed by atoms with Crippen LogP contribution in [0.1, 0.15) is 39.7 Å². The summed E-state index contributed by atoms with van der Waals surface area (Å²) in [4.78, 5) is 33.8. The normalized spacial score (nSPS) is 16.1. The second-order valence-corrected chi connectivity index (χ2v) is 10.1. The number of nitrogens with zero attached hydrogens (tertiary/aromatic N) is 3. The number of benzene rings is 1. The Balaban J connectivity index is 0.000000268. The number of aliphatic imine (C=N–C) groups is 1. The second-order valence-electron chi connectivity index (χ2n) is 10.1. The van der Waals surface area contributed by atoms with Gasteiger partial charge in [0.1, 0.15) is 6.79 Å². The SMILES string of the molecule is C=N/C=C\C=C(/CC)C(=O)C(N)CN1CCOC(C)(C)C1.C=O.CCc1cc(NC)c2[nH]c3cnccc3c2c1. The lowest BCUT2D eigenvalue weighted by Crippen LogP contribution is -2.53. The van der Waals surface area contributed by atoms with Crippen LogP contribution in [-0.2, 0) is 20.7 Å². The summed E-state index contributed by atoms with van der Waals surface area (Å²) in [5.74, 6) is -0.00416. The van der Waals surface area contributed by atoms with Crippen LogP contribution in [0.4, 0.5) is 5.69 Å². The van der Waals surface area contributed by atoms with Crippen molar-refractivity contribution in [2.24, 2.45) is 10.7 Å². The Labute approximate surface area is 237 Å². The fourth-order valence-electron chi connectivity index (χ4n) is 4.78. The van der Waals surface area contributed by atoms with E-state index in [9.17, 15) is 4.79 Å². The third kappa shape index (κ3) is 8.67. The smallest absolute Gasteiger partial charge is 0.176 e. The molecule has 3 aromatic rings. The highest BCUT2D eigenvalue weighted by Crippen LogP contribution is 2.31. The van der Waals surface area contributed by atoms with Crippen molar-refractivity contribution in [3.8, 4) is 0 Å². The number of allylic oxidation sites excluding steroid dienone is 2. The lowest BCUT2D eigenvalue weighted by molar-refractivity contribution is -0.119. The fourth-order valence-corrected chi connectivity index (χ4v) is 4.78. The summed E-state index contributed by atoms with van der Waals surface area (Å²) in [5, 5.41) is 5.76. The third-order valence-electron chi connectivity index (χ3n) is 6.73. The fraction of sp³-hybridized carbons (Fsp3) is 0.419. The number of nitrogens with one attached hydrogen (secondary N) is 2. The van der Waals surface area contributed by atoms with Gasteiger partial charge < -0.3 is 25.6 Å². The van der Waals surface area contributed by atoms with Crippen LogP contribution in [0.25, 0.3) is 21.8 Å². The highest BCUT2D eigenvalue weighted by molar-refractivity contribution is 6.11. The van der Waals surface area contributed by atoms with Crippen LogP contribution >= 0.6 is 0 Å². The summed E-state index contributed by atoms with van der Waals surface area (Å²) in [7, 11) is 1.96. The summed E-state index contributed by atoms with van der Waals surface area (Å²) < 4.78 is 5.67. The molecular formula is C31H44N6O3. The number of rotatable bonds is 9. The average Bonchev–Trinajstić information content (AvgIpc) is 3.34. The second kappa shape index (κ2) is 15.8. The first-order valence-corrected chi connectivity index (χ1v) is 13.6. The van der Waals surface area contributed by atoms with Crippen molar-refractivity contribution in [2.75, 3.05) is 38.6 Å². The van der Waals surface area contributed by atoms with Crippen LogP contribution in [0.3, 0.4) is 0 Å². The average molecular weight is 549 g/mol. The number of ketones is 1. The Morgan fingerprint density at radius 1 is 1.32 bits per heavy atom. The Morgan fingerprint density at radius 3 is 2.70 bits per heavy atom. The van der Waals surface area contributed by atoms with Crippen molar-refractivity contribution >= 4 is 46.8 Å². The Kier molecular flexibility index (Phi) is 12.9. The number of hydrogen-bond donors (Lipinski definition) is 3. The van der Waals surface area contributed by atoms with E-state index in [1.54, 1.807) is 18.4 Å². The number of aryl methyl sites for hydroxylation is 1. The zero-order valence-electron chi connectivity index (χ0n) is 24.5. The molecule has 0 saturated carbocycles. The van der Waals surface area contributed by atoms with Crippen LogP contribution in [0.15, 0.2) is 59.5 Å². The predicted molar refractivity (Wildman–Crippen MR) is 166 cm³/mol. The Hall–Kier alpha value is -3.66. The minimum atomic E-state index is -0.504. The maximum Gasteiger partial charge on any atom is 0.176 e. The number of anilines is 1. The summed E-state index contributed by atoms with van der Waals surface area (Å²) in [6.07, 6.45) is 10.5. The van der Waals surface area contributed by atoms with E-state index in [4.69, 9.17) is 15.3 Å². The molecule has 0 bridgehead atoms. The van der Waals surface area contributed by atoms with Gasteiger partial charge >= 0.3 is 0 Å². The van der Waals surface area contributed by atoms with Gasteiger partial charge in [0.2, 0.25) is 0 Å². The molecule has 40 heavy (non-hydrogen) atoms. The maximum atomic E-state index is 12.4. The van der Waals surface area contributed by atoms with E-state index in [1.807, 2.05) is 33.2 Å². The van der Waals surface area contributed by atoms with Crippen molar-refractivity contribution in [1.29, 1.82) is 0 Å². The van der Waals surface area contributed by atoms with Crippen molar-refractivity contribution in [3.63, 3.8) is 0 Å². The van der Waals surface area contributed by atoms with E-state index in [2.05, 4.69) is 70.9 Å². The van der Waals surface area contributed by atoms with Gasteiger partial charge in [-0.1, -0.05) is 19.9 Å². The van der Waals surface area contributed by atoms with Gasteiger partial charge in [-0.3, -0.25) is 19.7 Å². The summed E-state index contributed by atoms with van der Waals surface area (Å²) >= 11 is 0. The quantitative estimate of drug-likeness (QED) is 0.201. The van der Waals surface area contributed by atoms with Gasteiger partial charge in [-0.05, 0) is 68.8 Å². The Morgan fingerprint density at radius 2 is 2.08 bits per heavy atom. The minimum Gasteiger partial charge on any atom is -0.386 e. The number of nitrogens with two attached hydrogens (primary N) is 1. The molecule has 1 aromatic carbocycles. The van der Waals surface area contributed by atoms with Gasteiger partial charge in [-0.25, -0.2) is 0 Å². The maximum absolute atomic E-state index is 12.4. The topological polar surface area (TPSA) is 126 Å². The molecular weight excluding hydrogens is 504 g/mol. The lowest BCUT2D eigenvalue weighted by atomic mass is 10.0. The molecule has 1 aliphatic heterocycles. The molecule has 1 unspecified atom stereocenters. The third-order valence-corrected chi connectivity index (χ3v) is 6.73. The molecule has 4 N–H and O–H groups in total. The molecule has 3 heterocycles. The van der Waals surface area contributed by atoms with Crippen LogP contribution < -0.4 is 11.1 Å². The van der Waals surface area contributed by atoms with Gasteiger partial charge in [-0.15, -0.1) is 0 Å². The van der Waals surface area contributed by atoms with Gasteiger partial charge in [0.15, 0.2) is 5.78 Å². The van der Waals surface area contributed by atoms with Gasteiger partial charge in [0.25, 0.3) is 0 Å². The van der Waals surface area contributed by atoms with Gasteiger partial charge in [-0.2, -0.15) is 0 Å². The first kappa shape index (κ1) is 32.6. The van der Waals surface area contributed by atoms with E-state index < -0.39 is 6.04 Å². The molecule has 1 atom stereocenters. The summed E-state index contributed by atoms with van der Waals surface area (Å²) in [6, 6.07) is 6.02. The number of aromatic amines is 1. The molecule has 0 spiro atoms. The van der Waals surface area contributed by atoms with Crippen LogP contribution in [0.5, 0.6) is 0 Å². The van der Waals surface area contributed by atoms with Crippen LogP contribution in [0, 0.1) is 0 Å². The zero-order valence-corrected chi connectivity index (χ0v) is 24.5. The highest BCUT2D eigenvalue weighted by Gasteiger charge is 2.29. The zero-order chi connectivity index (χ0) is 29.7. The van der Waals surface area contributed by atoms with Gasteiger partial charge in [0, 0.05) is 49.9 Å². The van der Waals surface area contributed by atoms with E-state index in [0.717, 1.165) is 41.8 Å². The number of hydrogen-bond acceptors (Lipinski definition) is 8. The molecule has 9 nitrogen and oxygen atoms in total. The van der Waals surface area contributed by atoms with E-state index in [1.165, 1.54) is 16.3 Å². The first-order chi connectivity index (χ1) is 19.2. The standard InChI is InChI=1S/C16H27N3O2.C14H15N3.CH2O/c1-5-13(7-6-8-18-4)15(20)14(17)11-19-9-10-21-16(2,3)12-19;1-3-9-6-11-10-4-5-16-8-13(10)17-14(11)12(7-9)15-2;1-2/h6-8,14H,4-5,9-12,17H2,1-3H3;4-8,15,17H,3H2,1-2H3;1H2/b8-6-,13-7+;;. The number of Topliss-reactive ketones (excluding diaryl/α,β-unsaturated/α-hetero) is 1. The first-order valence-electron chi connectivity index (χ1n) is 13.6. The van der Waals surface area contributed by atoms with Crippen molar-refractivity contribution in [3.05, 3.63) is 60.1 Å². The van der Waals surface area contributed by atoms with Crippen molar-refractivity contribution < 1.29 is 14.3 Å². The molecule has 0 radical (unpaired) electrons. The lowest BCUT2D eigenvalue weighted by Gasteiger charge is -2.39. The van der Waals surface area contributed by atoms with Crippen LogP contribution in [-0.4, -0.2) is 79.1 Å². The molecule has 2 aromatic heterocycles. The minimum absolute atomic E-state index is 0.00416. The van der Waals surface area contributed by atoms with E-state index in [0.29, 0.717) is 19.6 Å². The number of H-pyrrole nitrogens is 1. The number of fused-ring (bicyclic) bond motifs is 3. The van der Waals surface area contributed by atoms with E-state index >= 15 is 0 Å².